The molecule has 10 heteroatoms. The third-order valence-electron chi connectivity index (χ3n) is 5.42. The Labute approximate surface area is 195 Å². The molecule has 0 spiro atoms. The average Bonchev–Trinajstić information content (AvgIpc) is 3.48. The monoisotopic (exact) mass is 467 g/mol. The summed E-state index contributed by atoms with van der Waals surface area (Å²) in [5.74, 6) is 0.320. The second kappa shape index (κ2) is 9.95. The van der Waals surface area contributed by atoms with E-state index >= 15 is 0 Å². The van der Waals surface area contributed by atoms with Crippen molar-refractivity contribution in [1.82, 2.24) is 20.4 Å². The lowest BCUT2D eigenvalue weighted by Gasteiger charge is -2.31. The van der Waals surface area contributed by atoms with Crippen molar-refractivity contribution in [2.24, 2.45) is 5.92 Å². The molecule has 9 nitrogen and oxygen atoms in total. The van der Waals surface area contributed by atoms with Gasteiger partial charge in [-0.2, -0.15) is 0 Å². The van der Waals surface area contributed by atoms with Crippen LogP contribution in [-0.4, -0.2) is 45.9 Å². The summed E-state index contributed by atoms with van der Waals surface area (Å²) >= 11 is 0.946. The number of carbonyl (C=O) groups is 3. The summed E-state index contributed by atoms with van der Waals surface area (Å²) in [6, 6.07) is 11.1. The van der Waals surface area contributed by atoms with Crippen LogP contribution in [0, 0.1) is 19.8 Å². The van der Waals surface area contributed by atoms with Crippen molar-refractivity contribution in [2.45, 2.75) is 33.2 Å². The van der Waals surface area contributed by atoms with Crippen LogP contribution in [0.2, 0.25) is 0 Å². The van der Waals surface area contributed by atoms with Gasteiger partial charge in [-0.1, -0.05) is 29.0 Å². The standard InChI is InChI=1S/C23H25N5O4S/c1-14-5-8-17(9-6-14)25-20(30)21-26-27-22(33-21)23(31)28-11-3-4-16(13-28)19(29)24-12-18-10-7-15(2)32-18/h5-10,16H,3-4,11-13H2,1-2H3,(H,24,29)(H,25,30)/t16-/m1/s1. The van der Waals surface area contributed by atoms with E-state index in [1.807, 2.05) is 38.1 Å². The first-order chi connectivity index (χ1) is 15.9. The minimum atomic E-state index is -0.417. The molecule has 0 unspecified atom stereocenters. The van der Waals surface area contributed by atoms with Gasteiger partial charge in [-0.15, -0.1) is 10.2 Å². The van der Waals surface area contributed by atoms with E-state index in [9.17, 15) is 14.4 Å². The highest BCUT2D eigenvalue weighted by atomic mass is 32.1. The molecule has 0 saturated carbocycles. The van der Waals surface area contributed by atoms with E-state index in [0.717, 1.165) is 22.7 Å². The van der Waals surface area contributed by atoms with Gasteiger partial charge in [0.2, 0.25) is 15.9 Å². The number of benzene rings is 1. The zero-order valence-corrected chi connectivity index (χ0v) is 19.3. The fraction of sp³-hybridized carbons (Fsp3) is 0.348. The molecule has 1 aliphatic heterocycles. The van der Waals surface area contributed by atoms with Crippen molar-refractivity contribution in [1.29, 1.82) is 0 Å². The maximum Gasteiger partial charge on any atom is 0.286 e. The molecule has 3 heterocycles. The first-order valence-corrected chi connectivity index (χ1v) is 11.5. The van der Waals surface area contributed by atoms with E-state index in [1.54, 1.807) is 17.0 Å². The van der Waals surface area contributed by atoms with Gasteiger partial charge in [-0.25, -0.2) is 0 Å². The van der Waals surface area contributed by atoms with Crippen molar-refractivity contribution >= 4 is 34.7 Å². The maximum absolute atomic E-state index is 12.9. The number of nitrogens with zero attached hydrogens (tertiary/aromatic N) is 3. The number of rotatable bonds is 6. The molecule has 3 aromatic rings. The van der Waals surface area contributed by atoms with Crippen LogP contribution in [0.25, 0.3) is 0 Å². The first kappa shape index (κ1) is 22.7. The van der Waals surface area contributed by atoms with Gasteiger partial charge in [0.25, 0.3) is 11.8 Å². The number of nitrogens with one attached hydrogen (secondary N) is 2. The third kappa shape index (κ3) is 5.64. The fourth-order valence-electron chi connectivity index (χ4n) is 3.63. The van der Waals surface area contributed by atoms with E-state index in [4.69, 9.17) is 4.42 Å². The highest BCUT2D eigenvalue weighted by Gasteiger charge is 2.31. The smallest absolute Gasteiger partial charge is 0.286 e. The van der Waals surface area contributed by atoms with Crippen LogP contribution in [0.4, 0.5) is 5.69 Å². The van der Waals surface area contributed by atoms with Crippen LogP contribution < -0.4 is 10.6 Å². The highest BCUT2D eigenvalue weighted by Crippen LogP contribution is 2.21. The lowest BCUT2D eigenvalue weighted by Crippen LogP contribution is -2.45. The summed E-state index contributed by atoms with van der Waals surface area (Å²) in [5.41, 5.74) is 1.73. The van der Waals surface area contributed by atoms with E-state index < -0.39 is 5.91 Å². The molecule has 1 atom stereocenters. The second-order valence-electron chi connectivity index (χ2n) is 8.05. The fourth-order valence-corrected chi connectivity index (χ4v) is 4.34. The number of anilines is 1. The molecule has 1 aromatic carbocycles. The largest absolute Gasteiger partial charge is 0.465 e. The van der Waals surface area contributed by atoms with Crippen molar-refractivity contribution in [3.63, 3.8) is 0 Å². The van der Waals surface area contributed by atoms with E-state index in [2.05, 4.69) is 20.8 Å². The molecule has 2 aromatic heterocycles. The molecule has 1 saturated heterocycles. The molecule has 33 heavy (non-hydrogen) atoms. The van der Waals surface area contributed by atoms with Gasteiger partial charge in [-0.05, 0) is 51.0 Å². The molecule has 0 bridgehead atoms. The minimum absolute atomic E-state index is 0.110. The number of likely N-dealkylation sites (tertiary alicyclic amines) is 1. The third-order valence-corrected chi connectivity index (χ3v) is 6.33. The van der Waals surface area contributed by atoms with Crippen LogP contribution in [-0.2, 0) is 11.3 Å². The number of amides is 3. The summed E-state index contributed by atoms with van der Waals surface area (Å²) in [6.45, 7) is 4.95. The zero-order chi connectivity index (χ0) is 23.4. The van der Waals surface area contributed by atoms with Gasteiger partial charge in [0.15, 0.2) is 0 Å². The van der Waals surface area contributed by atoms with Crippen LogP contribution >= 0.6 is 11.3 Å². The normalized spacial score (nSPS) is 15.8. The Morgan fingerprint density at radius 1 is 1.09 bits per heavy atom. The number of carbonyl (C=O) groups excluding carboxylic acids is 3. The number of aromatic nitrogens is 2. The van der Waals surface area contributed by atoms with Crippen molar-refractivity contribution in [3.8, 4) is 0 Å². The molecular weight excluding hydrogens is 442 g/mol. The summed E-state index contributed by atoms with van der Waals surface area (Å²) in [5, 5.41) is 13.7. The second-order valence-corrected chi connectivity index (χ2v) is 9.03. The molecule has 172 valence electrons. The average molecular weight is 468 g/mol. The van der Waals surface area contributed by atoms with E-state index in [1.165, 1.54) is 0 Å². The quantitative estimate of drug-likeness (QED) is 0.575. The predicted molar refractivity (Wildman–Crippen MR) is 123 cm³/mol. The summed E-state index contributed by atoms with van der Waals surface area (Å²) in [4.78, 5) is 39.6. The molecule has 2 N–H and O–H groups in total. The minimum Gasteiger partial charge on any atom is -0.465 e. The van der Waals surface area contributed by atoms with Gasteiger partial charge in [0.1, 0.15) is 11.5 Å². The zero-order valence-electron chi connectivity index (χ0n) is 18.5. The van der Waals surface area contributed by atoms with Crippen LogP contribution in [0.5, 0.6) is 0 Å². The van der Waals surface area contributed by atoms with Gasteiger partial charge >= 0.3 is 0 Å². The molecule has 3 amide bonds. The molecule has 4 rings (SSSR count). The van der Waals surface area contributed by atoms with Crippen LogP contribution in [0.1, 0.15) is 49.5 Å². The highest BCUT2D eigenvalue weighted by molar-refractivity contribution is 7.15. The summed E-state index contributed by atoms with van der Waals surface area (Å²) in [7, 11) is 0. The van der Waals surface area contributed by atoms with Gasteiger partial charge in [-0.3, -0.25) is 14.4 Å². The summed E-state index contributed by atoms with van der Waals surface area (Å²) in [6.07, 6.45) is 1.41. The first-order valence-electron chi connectivity index (χ1n) is 10.7. The molecule has 0 aliphatic carbocycles. The SMILES string of the molecule is Cc1ccc(NC(=O)c2nnc(C(=O)N3CCC[C@@H](C(=O)NCc4ccc(C)o4)C3)s2)cc1. The van der Waals surface area contributed by atoms with Crippen molar-refractivity contribution in [3.05, 3.63) is 63.5 Å². The number of aryl methyl sites for hydroxylation is 2. The molecule has 0 radical (unpaired) electrons. The maximum atomic E-state index is 12.9. The van der Waals surface area contributed by atoms with Crippen molar-refractivity contribution in [2.75, 3.05) is 18.4 Å². The number of furan rings is 1. The Kier molecular flexibility index (Phi) is 6.83. The Hall–Kier alpha value is -3.53. The molecular formula is C23H25N5O4S. The molecule has 1 fully saturated rings. The van der Waals surface area contributed by atoms with Gasteiger partial charge in [0.05, 0.1) is 12.5 Å². The number of hydrogen-bond acceptors (Lipinski definition) is 7. The van der Waals surface area contributed by atoms with Crippen LogP contribution in [0.15, 0.2) is 40.8 Å². The van der Waals surface area contributed by atoms with Gasteiger partial charge in [0, 0.05) is 18.8 Å². The Morgan fingerprint density at radius 3 is 2.58 bits per heavy atom. The topological polar surface area (TPSA) is 117 Å². The number of hydrogen-bond donors (Lipinski definition) is 2. The Bertz CT molecular complexity index is 1150. The lowest BCUT2D eigenvalue weighted by molar-refractivity contribution is -0.126. The Morgan fingerprint density at radius 2 is 1.85 bits per heavy atom. The van der Waals surface area contributed by atoms with Gasteiger partial charge < -0.3 is 20.0 Å². The lowest BCUT2D eigenvalue weighted by atomic mass is 9.97. The van der Waals surface area contributed by atoms with E-state index in [0.29, 0.717) is 43.9 Å². The molecule has 1 aliphatic rings. The van der Waals surface area contributed by atoms with Crippen LogP contribution in [0.3, 0.4) is 0 Å². The number of piperidine rings is 1. The van der Waals surface area contributed by atoms with Crippen molar-refractivity contribution < 1.29 is 18.8 Å². The predicted octanol–water partition coefficient (Wildman–Crippen LogP) is 3.17. The van der Waals surface area contributed by atoms with E-state index in [-0.39, 0.29) is 27.7 Å². The summed E-state index contributed by atoms with van der Waals surface area (Å²) < 4.78 is 5.48. The Balaban J connectivity index is 1.33.